The number of likely N-dealkylation sites (tertiary alicyclic amines) is 1. The zero-order chi connectivity index (χ0) is 21.9. The van der Waals surface area contributed by atoms with E-state index in [-0.39, 0.29) is 29.0 Å². The molecule has 2 fully saturated rings. The van der Waals surface area contributed by atoms with Crippen LogP contribution in [0.4, 0.5) is 0 Å². The number of amides is 1. The Morgan fingerprint density at radius 3 is 2.53 bits per heavy atom. The number of aliphatic carboxylic acids is 1. The molecule has 0 radical (unpaired) electrons. The third kappa shape index (κ3) is 3.88. The van der Waals surface area contributed by atoms with E-state index in [1.807, 2.05) is 30.3 Å². The van der Waals surface area contributed by atoms with Crippen molar-refractivity contribution in [2.24, 2.45) is 11.7 Å². The van der Waals surface area contributed by atoms with Crippen LogP contribution in [0.25, 0.3) is 0 Å². The summed E-state index contributed by atoms with van der Waals surface area (Å²) in [5.41, 5.74) is 7.09. The molecule has 0 spiro atoms. The lowest BCUT2D eigenvalue weighted by molar-refractivity contribution is -0.899. The van der Waals surface area contributed by atoms with Crippen LogP contribution < -0.4 is 5.73 Å². The summed E-state index contributed by atoms with van der Waals surface area (Å²) in [6.45, 7) is 3.49. The van der Waals surface area contributed by atoms with Crippen molar-refractivity contribution in [3.63, 3.8) is 0 Å². The third-order valence-electron chi connectivity index (χ3n) is 6.89. The Kier molecular flexibility index (Phi) is 6.93. The van der Waals surface area contributed by atoms with Crippen LogP contribution in [0.15, 0.2) is 30.3 Å². The maximum atomic E-state index is 13.7. The second-order valence-electron chi connectivity index (χ2n) is 8.60. The lowest BCUT2D eigenvalue weighted by Crippen LogP contribution is -2.72. The molecular formula is C23H33N2O5+. The number of carbonyl (C=O) groups is 3. The van der Waals surface area contributed by atoms with Crippen molar-refractivity contribution in [3.8, 4) is 0 Å². The molecule has 164 valence electrons. The second kappa shape index (κ2) is 9.27. The van der Waals surface area contributed by atoms with Gasteiger partial charge in [-0.1, -0.05) is 30.3 Å². The maximum absolute atomic E-state index is 13.7. The van der Waals surface area contributed by atoms with Gasteiger partial charge in [0.15, 0.2) is 12.1 Å². The van der Waals surface area contributed by atoms with E-state index in [0.717, 1.165) is 24.8 Å². The summed E-state index contributed by atoms with van der Waals surface area (Å²) in [5, 5.41) is 10.1. The van der Waals surface area contributed by atoms with Crippen LogP contribution >= 0.6 is 0 Å². The molecule has 30 heavy (non-hydrogen) atoms. The Hall–Kier alpha value is -2.25. The minimum Gasteiger partial charge on any atom is -0.477 e. The fraction of sp³-hybridized carbons (Fsp3) is 0.609. The van der Waals surface area contributed by atoms with Gasteiger partial charge in [0.2, 0.25) is 0 Å². The largest absolute Gasteiger partial charge is 0.477 e. The molecule has 3 rings (SSSR count). The fourth-order valence-corrected chi connectivity index (χ4v) is 5.79. The Morgan fingerprint density at radius 1 is 1.23 bits per heavy atom. The highest BCUT2D eigenvalue weighted by atomic mass is 16.5. The van der Waals surface area contributed by atoms with Crippen molar-refractivity contribution >= 4 is 17.8 Å². The Bertz CT molecular complexity index is 781. The van der Waals surface area contributed by atoms with Gasteiger partial charge in [0, 0.05) is 25.2 Å². The quantitative estimate of drug-likeness (QED) is 0.496. The van der Waals surface area contributed by atoms with E-state index < -0.39 is 30.1 Å². The van der Waals surface area contributed by atoms with Crippen LogP contribution in [0, 0.1) is 5.92 Å². The Morgan fingerprint density at radius 2 is 1.93 bits per heavy atom. The summed E-state index contributed by atoms with van der Waals surface area (Å²) in [7, 11) is 0. The molecule has 0 aromatic heterocycles. The number of carbonyl (C=O) groups excluding carboxylic acids is 2. The van der Waals surface area contributed by atoms with Gasteiger partial charge < -0.3 is 15.6 Å². The summed E-state index contributed by atoms with van der Waals surface area (Å²) < 4.78 is 5.01. The molecule has 1 amide bonds. The highest BCUT2D eigenvalue weighted by Gasteiger charge is 2.68. The summed E-state index contributed by atoms with van der Waals surface area (Å²) >= 11 is 0. The van der Waals surface area contributed by atoms with Gasteiger partial charge in [0.1, 0.15) is 12.1 Å². The minimum absolute atomic E-state index is 0.113. The van der Waals surface area contributed by atoms with Crippen LogP contribution in [0.3, 0.4) is 0 Å². The molecule has 1 aromatic rings. The number of carboxylic acid groups (broad SMARTS) is 1. The van der Waals surface area contributed by atoms with Crippen LogP contribution in [0.2, 0.25) is 0 Å². The Labute approximate surface area is 177 Å². The minimum atomic E-state index is -1.03. The van der Waals surface area contributed by atoms with Gasteiger partial charge in [-0.25, -0.2) is 18.9 Å². The summed E-state index contributed by atoms with van der Waals surface area (Å²) in [5.74, 6) is -1.78. The SMILES string of the molecule is CCOC(=O)C(CCc1ccccc1)[N@@+]1(C(=O)[C@H](C)N)[C@@H](C(=O)O)C[C@H]2CCC[C@H]21. The van der Waals surface area contributed by atoms with Gasteiger partial charge in [-0.05, 0) is 38.7 Å². The van der Waals surface area contributed by atoms with E-state index in [2.05, 4.69) is 0 Å². The first-order valence-corrected chi connectivity index (χ1v) is 10.9. The predicted octanol–water partition coefficient (Wildman–Crippen LogP) is 2.27. The van der Waals surface area contributed by atoms with Crippen LogP contribution in [-0.2, 0) is 25.5 Å². The van der Waals surface area contributed by atoms with Gasteiger partial charge in [-0.2, -0.15) is 0 Å². The normalized spacial score (nSPS) is 29.8. The number of ether oxygens (including phenoxy) is 1. The van der Waals surface area contributed by atoms with E-state index in [1.165, 1.54) is 0 Å². The molecule has 1 saturated heterocycles. The van der Waals surface area contributed by atoms with Crippen molar-refractivity contribution in [3.05, 3.63) is 35.9 Å². The van der Waals surface area contributed by atoms with Crippen molar-refractivity contribution in [2.45, 2.75) is 76.5 Å². The molecule has 0 bridgehead atoms. The molecule has 3 N–H and O–H groups in total. The number of aryl methyl sites for hydroxylation is 1. The molecule has 1 saturated carbocycles. The molecule has 7 nitrogen and oxygen atoms in total. The van der Waals surface area contributed by atoms with Crippen LogP contribution in [0.5, 0.6) is 0 Å². The molecule has 1 aliphatic heterocycles. The van der Waals surface area contributed by atoms with Crippen molar-refractivity contribution in [1.29, 1.82) is 0 Å². The average Bonchev–Trinajstić information content (AvgIpc) is 3.30. The number of carboxylic acids is 1. The summed E-state index contributed by atoms with van der Waals surface area (Å²) in [4.78, 5) is 39.3. The maximum Gasteiger partial charge on any atom is 0.365 e. The van der Waals surface area contributed by atoms with Crippen LogP contribution in [0.1, 0.15) is 51.5 Å². The number of hydrogen-bond donors (Lipinski definition) is 2. The summed E-state index contributed by atoms with van der Waals surface area (Å²) in [6.07, 6.45) is 3.85. The fourth-order valence-electron chi connectivity index (χ4n) is 5.79. The number of rotatable bonds is 8. The zero-order valence-electron chi connectivity index (χ0n) is 17.8. The predicted molar refractivity (Wildman–Crippen MR) is 111 cm³/mol. The van der Waals surface area contributed by atoms with E-state index >= 15 is 0 Å². The topological polar surface area (TPSA) is 107 Å². The number of nitrogens with zero attached hydrogens (tertiary/aromatic N) is 1. The monoisotopic (exact) mass is 417 g/mol. The van der Waals surface area contributed by atoms with Gasteiger partial charge in [-0.15, -0.1) is 0 Å². The number of nitrogens with two attached hydrogens (primary N) is 1. The summed E-state index contributed by atoms with van der Waals surface area (Å²) in [6, 6.07) is 6.80. The molecule has 6 atom stereocenters. The highest BCUT2D eigenvalue weighted by Crippen LogP contribution is 2.49. The highest BCUT2D eigenvalue weighted by molar-refractivity contribution is 5.85. The number of hydrogen-bond acceptors (Lipinski definition) is 5. The first-order valence-electron chi connectivity index (χ1n) is 10.9. The number of quaternary nitrogens is 1. The molecule has 1 aromatic carbocycles. The lowest BCUT2D eigenvalue weighted by Gasteiger charge is -2.45. The van der Waals surface area contributed by atoms with Gasteiger partial charge in [-0.3, -0.25) is 0 Å². The smallest absolute Gasteiger partial charge is 0.365 e. The molecular weight excluding hydrogens is 384 g/mol. The first kappa shape index (κ1) is 22.4. The van der Waals surface area contributed by atoms with E-state index in [0.29, 0.717) is 19.3 Å². The number of benzene rings is 1. The van der Waals surface area contributed by atoms with E-state index in [9.17, 15) is 19.5 Å². The van der Waals surface area contributed by atoms with E-state index in [1.54, 1.807) is 13.8 Å². The van der Waals surface area contributed by atoms with Crippen molar-refractivity contribution in [1.82, 2.24) is 0 Å². The van der Waals surface area contributed by atoms with Crippen molar-refractivity contribution in [2.75, 3.05) is 6.61 Å². The molecule has 1 heterocycles. The third-order valence-corrected chi connectivity index (χ3v) is 6.89. The van der Waals surface area contributed by atoms with Gasteiger partial charge in [0.25, 0.3) is 0 Å². The molecule has 7 heteroatoms. The molecule has 2 aliphatic rings. The van der Waals surface area contributed by atoms with Crippen molar-refractivity contribution < 1.29 is 28.7 Å². The second-order valence-corrected chi connectivity index (χ2v) is 8.60. The van der Waals surface area contributed by atoms with Gasteiger partial charge >= 0.3 is 17.8 Å². The number of fused-ring (bicyclic) bond motifs is 1. The average molecular weight is 418 g/mol. The van der Waals surface area contributed by atoms with Gasteiger partial charge in [0.05, 0.1) is 6.61 Å². The lowest BCUT2D eigenvalue weighted by atomic mass is 9.96. The zero-order valence-corrected chi connectivity index (χ0v) is 17.8. The number of esters is 1. The first-order chi connectivity index (χ1) is 14.3. The molecule has 1 aliphatic carbocycles. The standard InChI is InChI=1S/C23H32N2O5/c1-3-30-23(29)19(13-12-16-8-5-4-6-9-16)25(21(26)15(2)24)18-11-7-10-17(18)14-20(25)22(27)28/h4-6,8-9,15,17-20H,3,7,10-14,24H2,1-2H3/p+1/t15-,17+,18+,19?,20+,25+/m0/s1. The Balaban J connectivity index is 2.09. The van der Waals surface area contributed by atoms with E-state index in [4.69, 9.17) is 10.5 Å². The van der Waals surface area contributed by atoms with Crippen LogP contribution in [-0.4, -0.2) is 58.2 Å². The molecule has 1 unspecified atom stereocenters.